The van der Waals surface area contributed by atoms with Gasteiger partial charge in [0.1, 0.15) is 0 Å². The van der Waals surface area contributed by atoms with Crippen LogP contribution in [-0.4, -0.2) is 17.0 Å². The van der Waals surface area contributed by atoms with Gasteiger partial charge in [-0.1, -0.05) is 25.1 Å². The van der Waals surface area contributed by atoms with Gasteiger partial charge in [0.25, 0.3) is 0 Å². The van der Waals surface area contributed by atoms with E-state index in [0.717, 1.165) is 17.1 Å². The average Bonchev–Trinajstić information content (AvgIpc) is 2.39. The van der Waals surface area contributed by atoms with E-state index < -0.39 is 0 Å². The maximum Gasteiger partial charge on any atom is 0.0812 e. The molecule has 1 heterocycles. The van der Waals surface area contributed by atoms with Crippen molar-refractivity contribution in [3.05, 3.63) is 54.4 Å². The van der Waals surface area contributed by atoms with Gasteiger partial charge in [-0.25, -0.2) is 0 Å². The van der Waals surface area contributed by atoms with Gasteiger partial charge in [-0.15, -0.1) is 11.8 Å². The van der Waals surface area contributed by atoms with Gasteiger partial charge in [0.15, 0.2) is 0 Å². The molecule has 0 saturated heterocycles. The fourth-order valence-corrected chi connectivity index (χ4v) is 2.18. The Morgan fingerprint density at radius 2 is 2.00 bits per heavy atom. The standard InChI is InChI=1S/C14H14N2S/c1-2-17-14-9-4-3-8-13(14)16-11-12-7-5-6-10-15-12/h3-11H,2H2,1H3. The number of hydrogen-bond donors (Lipinski definition) is 0. The summed E-state index contributed by atoms with van der Waals surface area (Å²) in [5.74, 6) is 1.05. The minimum Gasteiger partial charge on any atom is -0.255 e. The third-order valence-corrected chi connectivity index (χ3v) is 3.13. The summed E-state index contributed by atoms with van der Waals surface area (Å²) in [4.78, 5) is 9.91. The molecule has 0 fully saturated rings. The summed E-state index contributed by atoms with van der Waals surface area (Å²) < 4.78 is 0. The van der Waals surface area contributed by atoms with Crippen molar-refractivity contribution in [2.45, 2.75) is 11.8 Å². The highest BCUT2D eigenvalue weighted by molar-refractivity contribution is 7.99. The number of rotatable bonds is 4. The van der Waals surface area contributed by atoms with Crippen molar-refractivity contribution >= 4 is 23.7 Å². The lowest BCUT2D eigenvalue weighted by Gasteiger charge is -2.02. The summed E-state index contributed by atoms with van der Waals surface area (Å²) in [7, 11) is 0. The number of para-hydroxylation sites is 1. The fraction of sp³-hybridized carbons (Fsp3) is 0.143. The summed E-state index contributed by atoms with van der Waals surface area (Å²) in [6, 6.07) is 14.0. The van der Waals surface area contributed by atoms with Crippen LogP contribution in [0.2, 0.25) is 0 Å². The van der Waals surface area contributed by atoms with E-state index in [-0.39, 0.29) is 0 Å². The molecule has 86 valence electrons. The van der Waals surface area contributed by atoms with Crippen LogP contribution in [0.5, 0.6) is 0 Å². The number of aromatic nitrogens is 1. The number of thioether (sulfide) groups is 1. The Balaban J connectivity index is 2.21. The monoisotopic (exact) mass is 242 g/mol. The van der Waals surface area contributed by atoms with Gasteiger partial charge in [-0.05, 0) is 30.0 Å². The normalized spacial score (nSPS) is 10.9. The molecule has 0 atom stereocenters. The maximum absolute atomic E-state index is 4.49. The van der Waals surface area contributed by atoms with Gasteiger partial charge >= 0.3 is 0 Å². The summed E-state index contributed by atoms with van der Waals surface area (Å²) in [5.41, 5.74) is 1.88. The van der Waals surface area contributed by atoms with Crippen LogP contribution in [0.25, 0.3) is 0 Å². The van der Waals surface area contributed by atoms with Crippen molar-refractivity contribution in [1.82, 2.24) is 4.98 Å². The van der Waals surface area contributed by atoms with Gasteiger partial charge in [0.2, 0.25) is 0 Å². The molecule has 2 aromatic rings. The average molecular weight is 242 g/mol. The highest BCUT2D eigenvalue weighted by Crippen LogP contribution is 2.28. The summed E-state index contributed by atoms with van der Waals surface area (Å²) >= 11 is 1.80. The third kappa shape index (κ3) is 3.43. The number of pyridine rings is 1. The number of nitrogens with zero attached hydrogens (tertiary/aromatic N) is 2. The van der Waals surface area contributed by atoms with Crippen LogP contribution < -0.4 is 0 Å². The molecule has 0 spiro atoms. The van der Waals surface area contributed by atoms with E-state index in [4.69, 9.17) is 0 Å². The Morgan fingerprint density at radius 3 is 2.76 bits per heavy atom. The van der Waals surface area contributed by atoms with Crippen molar-refractivity contribution in [1.29, 1.82) is 0 Å². The van der Waals surface area contributed by atoms with Gasteiger partial charge in [0, 0.05) is 11.1 Å². The van der Waals surface area contributed by atoms with Crippen molar-refractivity contribution < 1.29 is 0 Å². The lowest BCUT2D eigenvalue weighted by Crippen LogP contribution is -1.84. The Kier molecular flexibility index (Phi) is 4.33. The molecule has 17 heavy (non-hydrogen) atoms. The van der Waals surface area contributed by atoms with E-state index in [1.165, 1.54) is 4.90 Å². The second kappa shape index (κ2) is 6.21. The molecular weight excluding hydrogens is 228 g/mol. The predicted molar refractivity (Wildman–Crippen MR) is 74.3 cm³/mol. The molecule has 0 amide bonds. The van der Waals surface area contributed by atoms with Crippen molar-refractivity contribution in [3.8, 4) is 0 Å². The van der Waals surface area contributed by atoms with E-state index in [2.05, 4.69) is 23.0 Å². The van der Waals surface area contributed by atoms with Gasteiger partial charge in [0.05, 0.1) is 17.6 Å². The van der Waals surface area contributed by atoms with Gasteiger partial charge in [-0.2, -0.15) is 0 Å². The summed E-state index contributed by atoms with van der Waals surface area (Å²) in [6.45, 7) is 2.14. The predicted octanol–water partition coefficient (Wildman–Crippen LogP) is 3.94. The minimum atomic E-state index is 0.879. The molecule has 0 aliphatic heterocycles. The highest BCUT2D eigenvalue weighted by atomic mass is 32.2. The second-order valence-electron chi connectivity index (χ2n) is 3.41. The first-order valence-electron chi connectivity index (χ1n) is 5.57. The smallest absolute Gasteiger partial charge is 0.0812 e. The van der Waals surface area contributed by atoms with Crippen LogP contribution in [0.3, 0.4) is 0 Å². The quantitative estimate of drug-likeness (QED) is 0.599. The molecule has 0 N–H and O–H groups in total. The molecule has 0 radical (unpaired) electrons. The highest BCUT2D eigenvalue weighted by Gasteiger charge is 1.98. The Morgan fingerprint density at radius 1 is 1.18 bits per heavy atom. The Bertz CT molecular complexity index is 495. The molecule has 3 heteroatoms. The SMILES string of the molecule is CCSc1ccccc1N=Cc1ccccn1. The molecule has 0 saturated carbocycles. The topological polar surface area (TPSA) is 25.2 Å². The molecule has 0 bridgehead atoms. The van der Waals surface area contributed by atoms with Crippen LogP contribution in [0.4, 0.5) is 5.69 Å². The largest absolute Gasteiger partial charge is 0.255 e. The number of aliphatic imine (C=N–C) groups is 1. The van der Waals surface area contributed by atoms with Crippen LogP contribution in [-0.2, 0) is 0 Å². The van der Waals surface area contributed by atoms with Crippen LogP contribution in [0.15, 0.2) is 58.5 Å². The second-order valence-corrected chi connectivity index (χ2v) is 4.72. The first kappa shape index (κ1) is 11.9. The number of benzene rings is 1. The van der Waals surface area contributed by atoms with E-state index in [9.17, 15) is 0 Å². The Labute approximate surface area is 106 Å². The van der Waals surface area contributed by atoms with E-state index in [0.29, 0.717) is 0 Å². The molecule has 0 aliphatic carbocycles. The first-order valence-corrected chi connectivity index (χ1v) is 6.55. The van der Waals surface area contributed by atoms with Crippen LogP contribution >= 0.6 is 11.8 Å². The fourth-order valence-electron chi connectivity index (χ4n) is 1.43. The molecule has 1 aromatic heterocycles. The maximum atomic E-state index is 4.49. The minimum absolute atomic E-state index is 0.879. The van der Waals surface area contributed by atoms with Crippen LogP contribution in [0, 0.1) is 0 Å². The van der Waals surface area contributed by atoms with Gasteiger partial charge in [-0.3, -0.25) is 9.98 Å². The zero-order valence-corrected chi connectivity index (χ0v) is 10.5. The summed E-state index contributed by atoms with van der Waals surface area (Å²) in [5, 5.41) is 0. The van der Waals surface area contributed by atoms with Gasteiger partial charge < -0.3 is 0 Å². The molecule has 0 unspecified atom stereocenters. The molecular formula is C14H14N2S. The lowest BCUT2D eigenvalue weighted by molar-refractivity contribution is 1.29. The summed E-state index contributed by atoms with van der Waals surface area (Å²) in [6.07, 6.45) is 3.57. The van der Waals surface area contributed by atoms with E-state index in [1.807, 2.05) is 36.4 Å². The molecule has 1 aromatic carbocycles. The van der Waals surface area contributed by atoms with Crippen molar-refractivity contribution in [3.63, 3.8) is 0 Å². The zero-order valence-electron chi connectivity index (χ0n) is 9.71. The van der Waals surface area contributed by atoms with Crippen molar-refractivity contribution in [2.75, 3.05) is 5.75 Å². The lowest BCUT2D eigenvalue weighted by atomic mass is 10.3. The van der Waals surface area contributed by atoms with Crippen molar-refractivity contribution in [2.24, 2.45) is 4.99 Å². The number of hydrogen-bond acceptors (Lipinski definition) is 3. The molecule has 0 aliphatic rings. The Hall–Kier alpha value is -1.61. The van der Waals surface area contributed by atoms with E-state index in [1.54, 1.807) is 24.2 Å². The molecule has 2 nitrogen and oxygen atoms in total. The first-order chi connectivity index (χ1) is 8.40. The van der Waals surface area contributed by atoms with Crippen LogP contribution in [0.1, 0.15) is 12.6 Å². The molecule has 2 rings (SSSR count). The van der Waals surface area contributed by atoms with E-state index >= 15 is 0 Å². The zero-order chi connectivity index (χ0) is 11.9. The third-order valence-electron chi connectivity index (χ3n) is 2.19.